The fourth-order valence-electron chi connectivity index (χ4n) is 3.10. The van der Waals surface area contributed by atoms with Gasteiger partial charge in [-0.25, -0.2) is 5.01 Å². The third kappa shape index (κ3) is 4.68. The van der Waals surface area contributed by atoms with Crippen LogP contribution in [0.2, 0.25) is 0 Å². The summed E-state index contributed by atoms with van der Waals surface area (Å²) in [5, 5.41) is 11.1. The van der Waals surface area contributed by atoms with Gasteiger partial charge >= 0.3 is 0 Å². The predicted octanol–water partition coefficient (Wildman–Crippen LogP) is 2.71. The van der Waals surface area contributed by atoms with Crippen molar-refractivity contribution in [3.8, 4) is 0 Å². The summed E-state index contributed by atoms with van der Waals surface area (Å²) in [6.07, 6.45) is 0.635. The molecule has 2 aromatic rings. The lowest BCUT2D eigenvalue weighted by molar-refractivity contribution is -0.120. The highest BCUT2D eigenvalue weighted by Gasteiger charge is 2.27. The Morgan fingerprint density at radius 2 is 1.86 bits per heavy atom. The number of amides is 3. The molecule has 2 N–H and O–H groups in total. The smallest absolute Gasteiger partial charge is 0.271 e. The predicted molar refractivity (Wildman–Crippen MR) is 113 cm³/mol. The second kappa shape index (κ2) is 8.68. The van der Waals surface area contributed by atoms with Crippen LogP contribution in [0.3, 0.4) is 0 Å². The standard InChI is InChI=1S/C22H24N4O3/c1-14-8-9-15(2)19(12-14)26-21(28)11-10-18(25-26)22(29)24-17-7-5-4-6-16(17)13-20(27)23-3/h4-9,12H,10-11,13H2,1-3H3,(H,23,27)(H,24,29). The number of rotatable bonds is 5. The molecule has 0 saturated carbocycles. The van der Waals surface area contributed by atoms with Gasteiger partial charge in [0.2, 0.25) is 11.8 Å². The first-order chi connectivity index (χ1) is 13.9. The lowest BCUT2D eigenvalue weighted by Gasteiger charge is -2.25. The van der Waals surface area contributed by atoms with E-state index in [0.717, 1.165) is 11.1 Å². The third-order valence-electron chi connectivity index (χ3n) is 4.78. The van der Waals surface area contributed by atoms with Gasteiger partial charge in [0.05, 0.1) is 12.1 Å². The summed E-state index contributed by atoms with van der Waals surface area (Å²) in [6.45, 7) is 3.85. The topological polar surface area (TPSA) is 90.9 Å². The molecular formula is C22H24N4O3. The molecule has 1 aliphatic heterocycles. The van der Waals surface area contributed by atoms with Gasteiger partial charge < -0.3 is 10.6 Å². The van der Waals surface area contributed by atoms with E-state index in [0.29, 0.717) is 16.9 Å². The van der Waals surface area contributed by atoms with Gasteiger partial charge in [0, 0.05) is 25.6 Å². The molecule has 150 valence electrons. The van der Waals surface area contributed by atoms with Crippen LogP contribution in [0.5, 0.6) is 0 Å². The second-order valence-corrected chi connectivity index (χ2v) is 7.00. The molecule has 3 amide bonds. The van der Waals surface area contributed by atoms with Gasteiger partial charge in [-0.05, 0) is 42.7 Å². The van der Waals surface area contributed by atoms with Crippen molar-refractivity contribution in [2.24, 2.45) is 5.10 Å². The molecule has 0 spiro atoms. The van der Waals surface area contributed by atoms with Crippen LogP contribution in [0, 0.1) is 13.8 Å². The van der Waals surface area contributed by atoms with Crippen molar-refractivity contribution >= 4 is 34.8 Å². The van der Waals surface area contributed by atoms with Gasteiger partial charge in [0.15, 0.2) is 0 Å². The molecule has 29 heavy (non-hydrogen) atoms. The minimum Gasteiger partial charge on any atom is -0.359 e. The number of aryl methyl sites for hydroxylation is 2. The van der Waals surface area contributed by atoms with Crippen LogP contribution in [-0.4, -0.2) is 30.5 Å². The highest BCUT2D eigenvalue weighted by Crippen LogP contribution is 2.26. The maximum Gasteiger partial charge on any atom is 0.271 e. The maximum absolute atomic E-state index is 12.8. The first-order valence-electron chi connectivity index (χ1n) is 9.46. The van der Waals surface area contributed by atoms with Gasteiger partial charge in [-0.15, -0.1) is 0 Å². The van der Waals surface area contributed by atoms with Gasteiger partial charge in [-0.3, -0.25) is 14.4 Å². The Labute approximate surface area is 169 Å². The number of anilines is 2. The Kier molecular flexibility index (Phi) is 6.07. The molecular weight excluding hydrogens is 368 g/mol. The Morgan fingerprint density at radius 1 is 1.10 bits per heavy atom. The number of likely N-dealkylation sites (N-methyl/N-ethyl adjacent to an activating group) is 1. The average Bonchev–Trinajstić information content (AvgIpc) is 2.71. The van der Waals surface area contributed by atoms with Crippen molar-refractivity contribution in [3.05, 3.63) is 59.2 Å². The summed E-state index contributed by atoms with van der Waals surface area (Å²) < 4.78 is 0. The number of nitrogens with zero attached hydrogens (tertiary/aromatic N) is 2. The first kappa shape index (κ1) is 20.3. The highest BCUT2D eigenvalue weighted by atomic mass is 16.2. The number of benzene rings is 2. The molecule has 7 nitrogen and oxygen atoms in total. The molecule has 2 aromatic carbocycles. The molecule has 0 fully saturated rings. The summed E-state index contributed by atoms with van der Waals surface area (Å²) in [5.74, 6) is -0.666. The zero-order valence-corrected chi connectivity index (χ0v) is 16.8. The number of hydrazone groups is 1. The van der Waals surface area contributed by atoms with Gasteiger partial charge in [-0.2, -0.15) is 5.10 Å². The SMILES string of the molecule is CNC(=O)Cc1ccccc1NC(=O)C1=NN(c2cc(C)ccc2C)C(=O)CC1. The Hall–Kier alpha value is -3.48. The minimum absolute atomic E-state index is 0.143. The Morgan fingerprint density at radius 3 is 2.62 bits per heavy atom. The van der Waals surface area contributed by atoms with Gasteiger partial charge in [-0.1, -0.05) is 30.3 Å². The fourth-order valence-corrected chi connectivity index (χ4v) is 3.10. The molecule has 0 atom stereocenters. The van der Waals surface area contributed by atoms with E-state index in [2.05, 4.69) is 15.7 Å². The molecule has 0 unspecified atom stereocenters. The van der Waals surface area contributed by atoms with E-state index in [1.165, 1.54) is 5.01 Å². The number of nitrogens with one attached hydrogen (secondary N) is 2. The number of para-hydroxylation sites is 1. The lowest BCUT2D eigenvalue weighted by Crippen LogP contribution is -2.36. The summed E-state index contributed by atoms with van der Waals surface area (Å²) in [4.78, 5) is 37.0. The minimum atomic E-state index is -0.378. The maximum atomic E-state index is 12.8. The number of hydrogen-bond donors (Lipinski definition) is 2. The Bertz CT molecular complexity index is 997. The zero-order valence-electron chi connectivity index (χ0n) is 16.8. The summed E-state index contributed by atoms with van der Waals surface area (Å²) >= 11 is 0. The zero-order chi connectivity index (χ0) is 21.0. The van der Waals surface area contributed by atoms with Crippen molar-refractivity contribution in [2.45, 2.75) is 33.1 Å². The molecule has 0 bridgehead atoms. The molecule has 1 aliphatic rings. The molecule has 3 rings (SSSR count). The molecule has 0 aromatic heterocycles. The van der Waals surface area contributed by atoms with E-state index in [1.54, 1.807) is 25.2 Å². The van der Waals surface area contributed by atoms with E-state index in [4.69, 9.17) is 0 Å². The third-order valence-corrected chi connectivity index (χ3v) is 4.78. The molecule has 0 aliphatic carbocycles. The van der Waals surface area contributed by atoms with E-state index in [9.17, 15) is 14.4 Å². The molecule has 7 heteroatoms. The largest absolute Gasteiger partial charge is 0.359 e. The summed E-state index contributed by atoms with van der Waals surface area (Å²) in [7, 11) is 1.57. The van der Waals surface area contributed by atoms with Crippen molar-refractivity contribution in [2.75, 3.05) is 17.4 Å². The highest BCUT2D eigenvalue weighted by molar-refractivity contribution is 6.44. The second-order valence-electron chi connectivity index (χ2n) is 7.00. The number of carbonyl (C=O) groups excluding carboxylic acids is 3. The van der Waals surface area contributed by atoms with Crippen molar-refractivity contribution in [1.82, 2.24) is 5.32 Å². The Balaban J connectivity index is 1.85. The summed E-state index contributed by atoms with van der Waals surface area (Å²) in [5.41, 5.74) is 4.14. The average molecular weight is 392 g/mol. The number of hydrogen-bond acceptors (Lipinski definition) is 4. The normalized spacial score (nSPS) is 13.7. The molecule has 1 heterocycles. The van der Waals surface area contributed by atoms with E-state index >= 15 is 0 Å². The van der Waals surface area contributed by atoms with Gasteiger partial charge in [0.25, 0.3) is 5.91 Å². The van der Waals surface area contributed by atoms with Crippen molar-refractivity contribution in [3.63, 3.8) is 0 Å². The van der Waals surface area contributed by atoms with Crippen LogP contribution in [0.25, 0.3) is 0 Å². The van der Waals surface area contributed by atoms with Crippen LogP contribution in [-0.2, 0) is 20.8 Å². The van der Waals surface area contributed by atoms with E-state index in [-0.39, 0.29) is 42.7 Å². The molecule has 0 radical (unpaired) electrons. The summed E-state index contributed by atoms with van der Waals surface area (Å²) in [6, 6.07) is 12.9. The van der Waals surface area contributed by atoms with Crippen LogP contribution in [0.1, 0.15) is 29.5 Å². The van der Waals surface area contributed by atoms with Crippen LogP contribution in [0.4, 0.5) is 11.4 Å². The van der Waals surface area contributed by atoms with E-state index < -0.39 is 0 Å². The first-order valence-corrected chi connectivity index (χ1v) is 9.46. The van der Waals surface area contributed by atoms with Crippen LogP contribution >= 0.6 is 0 Å². The van der Waals surface area contributed by atoms with Crippen LogP contribution < -0.4 is 15.6 Å². The fraction of sp³-hybridized carbons (Fsp3) is 0.273. The van der Waals surface area contributed by atoms with Crippen molar-refractivity contribution < 1.29 is 14.4 Å². The van der Waals surface area contributed by atoms with E-state index in [1.807, 2.05) is 38.1 Å². The monoisotopic (exact) mass is 392 g/mol. The molecule has 0 saturated heterocycles. The van der Waals surface area contributed by atoms with Crippen molar-refractivity contribution in [1.29, 1.82) is 0 Å². The van der Waals surface area contributed by atoms with Gasteiger partial charge in [0.1, 0.15) is 5.71 Å². The van der Waals surface area contributed by atoms with Crippen LogP contribution in [0.15, 0.2) is 47.6 Å². The number of carbonyl (C=O) groups is 3. The quantitative estimate of drug-likeness (QED) is 0.820. The lowest BCUT2D eigenvalue weighted by atomic mass is 10.1.